The number of hydrogen-bond acceptors (Lipinski definition) is 5. The number of hydrogen-bond donors (Lipinski definition) is 2. The molecule has 0 saturated heterocycles. The van der Waals surface area contributed by atoms with Gasteiger partial charge < -0.3 is 10.4 Å². The zero-order valence-electron chi connectivity index (χ0n) is 8.50. The van der Waals surface area contributed by atoms with Gasteiger partial charge in [-0.1, -0.05) is 0 Å². The maximum absolute atomic E-state index is 11.1. The lowest BCUT2D eigenvalue weighted by Gasteiger charge is -2.02. The molecule has 2 N–H and O–H groups in total. The molecule has 1 aromatic heterocycles. The van der Waals surface area contributed by atoms with Crippen molar-refractivity contribution >= 4 is 11.6 Å². The highest BCUT2D eigenvalue weighted by Crippen LogP contribution is 2.07. The van der Waals surface area contributed by atoms with Gasteiger partial charge in [0.2, 0.25) is 5.91 Å². The lowest BCUT2D eigenvalue weighted by atomic mass is 10.4. The van der Waals surface area contributed by atoms with Crippen LogP contribution in [-0.2, 0) is 11.3 Å². The molecule has 8 nitrogen and oxygen atoms in total. The Balaban J connectivity index is 2.36. The number of nitrogens with one attached hydrogen (secondary N) is 1. The van der Waals surface area contributed by atoms with Crippen molar-refractivity contribution in [2.24, 2.45) is 0 Å². The number of aliphatic hydroxyl groups is 1. The standard InChI is InChI=1S/C8H12N4O4/c13-4-2-9-8(14)1-3-11-6-7(5-10-11)12(15)16/h5-6,13H,1-4H2,(H,9,14). The van der Waals surface area contributed by atoms with Crippen molar-refractivity contribution in [1.29, 1.82) is 0 Å². The van der Waals surface area contributed by atoms with Gasteiger partial charge in [-0.05, 0) is 0 Å². The van der Waals surface area contributed by atoms with Gasteiger partial charge >= 0.3 is 5.69 Å². The van der Waals surface area contributed by atoms with Crippen LogP contribution in [0.4, 0.5) is 5.69 Å². The van der Waals surface area contributed by atoms with Crippen LogP contribution in [0.2, 0.25) is 0 Å². The number of carbonyl (C=O) groups is 1. The topological polar surface area (TPSA) is 110 Å². The van der Waals surface area contributed by atoms with E-state index in [0.717, 1.165) is 6.20 Å². The van der Waals surface area contributed by atoms with Gasteiger partial charge in [-0.2, -0.15) is 5.10 Å². The van der Waals surface area contributed by atoms with E-state index in [1.54, 1.807) is 0 Å². The Morgan fingerprint density at radius 1 is 1.69 bits per heavy atom. The molecule has 0 unspecified atom stereocenters. The van der Waals surface area contributed by atoms with Gasteiger partial charge in [0.25, 0.3) is 0 Å². The van der Waals surface area contributed by atoms with Crippen molar-refractivity contribution in [3.63, 3.8) is 0 Å². The van der Waals surface area contributed by atoms with Crippen LogP contribution in [0.5, 0.6) is 0 Å². The summed E-state index contributed by atoms with van der Waals surface area (Å²) in [6.07, 6.45) is 2.56. The van der Waals surface area contributed by atoms with Crippen molar-refractivity contribution in [3.05, 3.63) is 22.5 Å². The molecule has 1 amide bonds. The first-order valence-electron chi connectivity index (χ1n) is 4.68. The van der Waals surface area contributed by atoms with E-state index in [1.807, 2.05) is 0 Å². The molecule has 0 aromatic carbocycles. The van der Waals surface area contributed by atoms with Gasteiger partial charge in [0, 0.05) is 19.5 Å². The van der Waals surface area contributed by atoms with E-state index in [4.69, 9.17) is 5.11 Å². The molecule has 1 aromatic rings. The molecule has 1 rings (SSSR count). The molecule has 8 heteroatoms. The molecular weight excluding hydrogens is 216 g/mol. The first-order chi connectivity index (χ1) is 7.63. The minimum Gasteiger partial charge on any atom is -0.395 e. The first kappa shape index (κ1) is 12.1. The zero-order valence-corrected chi connectivity index (χ0v) is 8.50. The van der Waals surface area contributed by atoms with Gasteiger partial charge in [-0.3, -0.25) is 19.6 Å². The van der Waals surface area contributed by atoms with Gasteiger partial charge in [0.15, 0.2) is 0 Å². The number of nitrogens with zero attached hydrogens (tertiary/aromatic N) is 3. The molecule has 1 heterocycles. The third-order valence-corrected chi connectivity index (χ3v) is 1.83. The summed E-state index contributed by atoms with van der Waals surface area (Å²) >= 11 is 0. The highest BCUT2D eigenvalue weighted by molar-refractivity contribution is 5.75. The van der Waals surface area contributed by atoms with Crippen LogP contribution in [0.3, 0.4) is 0 Å². The smallest absolute Gasteiger partial charge is 0.306 e. The fourth-order valence-electron chi connectivity index (χ4n) is 1.07. The Morgan fingerprint density at radius 3 is 3.00 bits per heavy atom. The van der Waals surface area contributed by atoms with Gasteiger partial charge in [-0.15, -0.1) is 0 Å². The van der Waals surface area contributed by atoms with Crippen molar-refractivity contribution in [1.82, 2.24) is 15.1 Å². The largest absolute Gasteiger partial charge is 0.395 e. The maximum atomic E-state index is 11.1. The SMILES string of the molecule is O=C(CCn1cc([N+](=O)[O-])cn1)NCCO. The predicted octanol–water partition coefficient (Wildman–Crippen LogP) is -0.710. The van der Waals surface area contributed by atoms with E-state index in [0.29, 0.717) is 0 Å². The number of rotatable bonds is 6. The quantitative estimate of drug-likeness (QED) is 0.493. The van der Waals surface area contributed by atoms with Gasteiger partial charge in [0.05, 0.1) is 11.5 Å². The fraction of sp³-hybridized carbons (Fsp3) is 0.500. The first-order valence-corrected chi connectivity index (χ1v) is 4.68. The second kappa shape index (κ2) is 5.81. The summed E-state index contributed by atoms with van der Waals surface area (Å²) in [4.78, 5) is 20.9. The Labute approximate surface area is 91.0 Å². The van der Waals surface area contributed by atoms with E-state index in [9.17, 15) is 14.9 Å². The average Bonchev–Trinajstić information content (AvgIpc) is 2.72. The van der Waals surface area contributed by atoms with Crippen LogP contribution in [-0.4, -0.2) is 38.9 Å². The van der Waals surface area contributed by atoms with Crippen molar-refractivity contribution in [3.8, 4) is 0 Å². The predicted molar refractivity (Wildman–Crippen MR) is 53.6 cm³/mol. The molecule has 0 radical (unpaired) electrons. The van der Waals surface area contributed by atoms with Crippen molar-refractivity contribution in [2.75, 3.05) is 13.2 Å². The fourth-order valence-corrected chi connectivity index (χ4v) is 1.07. The highest BCUT2D eigenvalue weighted by atomic mass is 16.6. The summed E-state index contributed by atoms with van der Waals surface area (Å²) in [5.74, 6) is -0.229. The zero-order chi connectivity index (χ0) is 12.0. The molecular formula is C8H12N4O4. The highest BCUT2D eigenvalue weighted by Gasteiger charge is 2.09. The Morgan fingerprint density at radius 2 is 2.44 bits per heavy atom. The van der Waals surface area contributed by atoms with Crippen LogP contribution in [0, 0.1) is 10.1 Å². The molecule has 0 bridgehead atoms. The molecule has 0 aliphatic carbocycles. The van der Waals surface area contributed by atoms with E-state index in [1.165, 1.54) is 10.9 Å². The molecule has 0 fully saturated rings. The van der Waals surface area contributed by atoms with Gasteiger partial charge in [-0.25, -0.2) is 0 Å². The number of amides is 1. The summed E-state index contributed by atoms with van der Waals surface area (Å²) in [6.45, 7) is 0.363. The van der Waals surface area contributed by atoms with E-state index in [2.05, 4.69) is 10.4 Å². The summed E-state index contributed by atoms with van der Waals surface area (Å²) in [6, 6.07) is 0. The van der Waals surface area contributed by atoms with Crippen molar-refractivity contribution in [2.45, 2.75) is 13.0 Å². The van der Waals surface area contributed by atoms with E-state index >= 15 is 0 Å². The van der Waals surface area contributed by atoms with E-state index in [-0.39, 0.29) is 37.7 Å². The molecule has 0 aliphatic rings. The second-order valence-corrected chi connectivity index (χ2v) is 3.04. The lowest BCUT2D eigenvalue weighted by molar-refractivity contribution is -0.385. The van der Waals surface area contributed by atoms with Crippen LogP contribution in [0.1, 0.15) is 6.42 Å². The van der Waals surface area contributed by atoms with Crippen LogP contribution in [0.15, 0.2) is 12.4 Å². The van der Waals surface area contributed by atoms with Crippen LogP contribution < -0.4 is 5.32 Å². The normalized spacial score (nSPS) is 10.1. The number of nitro groups is 1. The summed E-state index contributed by atoms with van der Waals surface area (Å²) in [7, 11) is 0. The number of carbonyl (C=O) groups excluding carboxylic acids is 1. The lowest BCUT2D eigenvalue weighted by Crippen LogP contribution is -2.27. The molecule has 0 atom stereocenters. The third-order valence-electron chi connectivity index (χ3n) is 1.83. The molecule has 16 heavy (non-hydrogen) atoms. The summed E-state index contributed by atoms with van der Waals surface area (Å²) < 4.78 is 1.33. The minimum absolute atomic E-state index is 0.101. The van der Waals surface area contributed by atoms with Crippen molar-refractivity contribution < 1.29 is 14.8 Å². The monoisotopic (exact) mass is 228 g/mol. The molecule has 88 valence electrons. The Hall–Kier alpha value is -1.96. The van der Waals surface area contributed by atoms with Crippen LogP contribution >= 0.6 is 0 Å². The Bertz CT molecular complexity index is 376. The molecule has 0 spiro atoms. The molecule has 0 saturated carbocycles. The summed E-state index contributed by atoms with van der Waals surface area (Å²) in [5.41, 5.74) is -0.101. The molecule has 0 aliphatic heterocycles. The second-order valence-electron chi connectivity index (χ2n) is 3.04. The van der Waals surface area contributed by atoms with Crippen LogP contribution in [0.25, 0.3) is 0 Å². The number of aromatic nitrogens is 2. The minimum atomic E-state index is -0.546. The summed E-state index contributed by atoms with van der Waals surface area (Å²) in [5, 5.41) is 25.0. The van der Waals surface area contributed by atoms with E-state index < -0.39 is 4.92 Å². The average molecular weight is 228 g/mol. The number of aliphatic hydroxyl groups excluding tert-OH is 1. The maximum Gasteiger partial charge on any atom is 0.306 e. The Kier molecular flexibility index (Phi) is 4.40. The third kappa shape index (κ3) is 3.65. The number of aryl methyl sites for hydroxylation is 1. The van der Waals surface area contributed by atoms with Gasteiger partial charge in [0.1, 0.15) is 12.4 Å².